The molecule has 46 heavy (non-hydrogen) atoms. The number of nitrogens with zero attached hydrogens (tertiary/aromatic N) is 4. The van der Waals surface area contributed by atoms with E-state index in [4.69, 9.17) is 14.2 Å². The Morgan fingerprint density at radius 3 is 2.48 bits per heavy atom. The maximum absolute atomic E-state index is 14.0. The molecule has 0 aliphatic carbocycles. The number of carbonyl (C=O) groups is 4. The molecule has 0 aromatic heterocycles. The first-order valence-electron chi connectivity index (χ1n) is 15.5. The highest BCUT2D eigenvalue weighted by atomic mass is 16.5. The zero-order valence-corrected chi connectivity index (χ0v) is 26.8. The van der Waals surface area contributed by atoms with Crippen LogP contribution in [0.5, 0.6) is 11.5 Å². The van der Waals surface area contributed by atoms with Gasteiger partial charge in [0.1, 0.15) is 18.8 Å². The van der Waals surface area contributed by atoms with E-state index in [1.165, 1.54) is 6.08 Å². The number of fused-ring (bicyclic) bond motifs is 1. The summed E-state index contributed by atoms with van der Waals surface area (Å²) in [6, 6.07) is 14.0. The minimum Gasteiger partial charge on any atom is -0.493 e. The Hall–Kier alpha value is -4.78. The van der Waals surface area contributed by atoms with Crippen molar-refractivity contribution < 1.29 is 33.4 Å². The lowest BCUT2D eigenvalue weighted by Crippen LogP contribution is -2.76. The van der Waals surface area contributed by atoms with Crippen molar-refractivity contribution in [1.29, 1.82) is 0 Å². The number of hydrazine groups is 1. The number of piperazine rings is 1. The van der Waals surface area contributed by atoms with Crippen LogP contribution in [0, 0.1) is 0 Å². The fraction of sp³-hybridized carbons (Fsp3) is 0.455. The number of nitrogens with one attached hydrogen (secondary N) is 2. The van der Waals surface area contributed by atoms with Gasteiger partial charge in [0.2, 0.25) is 11.8 Å². The normalized spacial score (nSPS) is 18.1. The number of benzene rings is 2. The zero-order valence-electron chi connectivity index (χ0n) is 26.8. The quantitative estimate of drug-likeness (QED) is 0.239. The van der Waals surface area contributed by atoms with Crippen molar-refractivity contribution in [1.82, 2.24) is 30.5 Å². The monoisotopic (exact) mass is 636 g/mol. The average molecular weight is 637 g/mol. The van der Waals surface area contributed by atoms with E-state index in [1.54, 1.807) is 34.0 Å². The van der Waals surface area contributed by atoms with Gasteiger partial charge in [-0.25, -0.2) is 19.6 Å². The minimum absolute atomic E-state index is 0.0344. The molecule has 2 atom stereocenters. The molecule has 248 valence electrons. The minimum atomic E-state index is -0.814. The van der Waals surface area contributed by atoms with E-state index in [0.29, 0.717) is 50.4 Å². The zero-order chi connectivity index (χ0) is 33.1. The Balaban J connectivity index is 1.56. The molecule has 2 N–H and O–H groups in total. The van der Waals surface area contributed by atoms with Gasteiger partial charge in [-0.1, -0.05) is 56.0 Å². The summed E-state index contributed by atoms with van der Waals surface area (Å²) in [5.74, 6) is 0.769. The van der Waals surface area contributed by atoms with Crippen LogP contribution in [0.3, 0.4) is 0 Å². The third-order valence-electron chi connectivity index (χ3n) is 8.06. The first-order chi connectivity index (χ1) is 22.3. The number of amides is 5. The second kappa shape index (κ2) is 16.5. The molecule has 2 aromatic carbocycles. The average Bonchev–Trinajstić information content (AvgIpc) is 3.08. The van der Waals surface area contributed by atoms with Crippen LogP contribution in [0.2, 0.25) is 0 Å². The Morgan fingerprint density at radius 1 is 1.02 bits per heavy atom. The third kappa shape index (κ3) is 8.27. The van der Waals surface area contributed by atoms with Crippen LogP contribution in [0.25, 0.3) is 0 Å². The standard InChI is InChI=1S/C33H44N6O7/c1-5-19-46-33(43)34-17-10-13-26-31(41)36(18-16-24-14-15-27(44-3)28(20-24)45-4)22-29-38(26)30(40)23-37(6-2)39(29)32(42)35-21-25-11-8-7-9-12-25/h5,7-9,11-12,14-15,20,26,29H,1,6,10,13,16-19,21-23H2,2-4H3,(H,34,43)(H,35,42)/t26-,29-/m0/s1. The summed E-state index contributed by atoms with van der Waals surface area (Å²) in [6.07, 6.45) is 1.40. The number of hydrogen-bond donors (Lipinski definition) is 2. The van der Waals surface area contributed by atoms with Gasteiger partial charge >= 0.3 is 12.1 Å². The molecule has 2 fully saturated rings. The number of alkyl carbamates (subject to hydrolysis) is 1. The molecular weight excluding hydrogens is 592 g/mol. The van der Waals surface area contributed by atoms with E-state index < -0.39 is 18.3 Å². The van der Waals surface area contributed by atoms with Crippen molar-refractivity contribution in [2.75, 3.05) is 53.6 Å². The molecule has 0 saturated carbocycles. The van der Waals surface area contributed by atoms with Crippen molar-refractivity contribution in [3.05, 3.63) is 72.3 Å². The van der Waals surface area contributed by atoms with Gasteiger partial charge in [0.15, 0.2) is 11.5 Å². The van der Waals surface area contributed by atoms with Gasteiger partial charge < -0.3 is 34.6 Å². The number of ether oxygens (including phenoxy) is 3. The Morgan fingerprint density at radius 2 is 1.78 bits per heavy atom. The van der Waals surface area contributed by atoms with Gasteiger partial charge in [0, 0.05) is 26.2 Å². The molecule has 0 radical (unpaired) electrons. The summed E-state index contributed by atoms with van der Waals surface area (Å²) in [7, 11) is 3.14. The molecule has 13 heteroatoms. The number of hydrogen-bond acceptors (Lipinski definition) is 8. The second-order valence-electron chi connectivity index (χ2n) is 10.9. The lowest BCUT2D eigenvalue weighted by Gasteiger charge is -2.55. The topological polar surface area (TPSA) is 133 Å². The van der Waals surface area contributed by atoms with Crippen LogP contribution < -0.4 is 20.1 Å². The Kier molecular flexibility index (Phi) is 12.2. The molecular formula is C33H44N6O7. The smallest absolute Gasteiger partial charge is 0.407 e. The maximum Gasteiger partial charge on any atom is 0.407 e. The van der Waals surface area contributed by atoms with E-state index in [1.807, 2.05) is 55.5 Å². The highest BCUT2D eigenvalue weighted by molar-refractivity contribution is 5.91. The fourth-order valence-corrected chi connectivity index (χ4v) is 5.77. The molecule has 5 amide bonds. The molecule has 13 nitrogen and oxygen atoms in total. The van der Waals surface area contributed by atoms with Gasteiger partial charge in [0.05, 0.1) is 27.3 Å². The molecule has 2 saturated heterocycles. The van der Waals surface area contributed by atoms with Crippen LogP contribution in [0.15, 0.2) is 61.2 Å². The van der Waals surface area contributed by atoms with Crippen LogP contribution >= 0.6 is 0 Å². The lowest BCUT2D eigenvalue weighted by molar-refractivity contribution is -0.190. The van der Waals surface area contributed by atoms with Gasteiger partial charge in [-0.15, -0.1) is 0 Å². The summed E-state index contributed by atoms with van der Waals surface area (Å²) in [5, 5.41) is 8.96. The molecule has 0 spiro atoms. The van der Waals surface area contributed by atoms with E-state index in [-0.39, 0.29) is 44.1 Å². The molecule has 2 aliphatic heterocycles. The molecule has 4 rings (SSSR count). The Bertz CT molecular complexity index is 1370. The summed E-state index contributed by atoms with van der Waals surface area (Å²) in [5.41, 5.74) is 1.88. The summed E-state index contributed by atoms with van der Waals surface area (Å²) in [4.78, 5) is 56.6. The largest absolute Gasteiger partial charge is 0.493 e. The molecule has 0 unspecified atom stereocenters. The number of rotatable bonds is 14. The predicted octanol–water partition coefficient (Wildman–Crippen LogP) is 2.77. The van der Waals surface area contributed by atoms with E-state index >= 15 is 0 Å². The number of methoxy groups -OCH3 is 2. The van der Waals surface area contributed by atoms with Crippen molar-refractivity contribution in [2.45, 2.75) is 44.9 Å². The third-order valence-corrected chi connectivity index (χ3v) is 8.06. The van der Waals surface area contributed by atoms with Crippen LogP contribution in [-0.2, 0) is 27.3 Å². The molecule has 2 aromatic rings. The fourth-order valence-electron chi connectivity index (χ4n) is 5.77. The van der Waals surface area contributed by atoms with E-state index in [9.17, 15) is 19.2 Å². The molecule has 2 heterocycles. The number of urea groups is 1. The Labute approximate surface area is 270 Å². The molecule has 2 aliphatic rings. The van der Waals surface area contributed by atoms with Gasteiger partial charge in [-0.3, -0.25) is 9.59 Å². The van der Waals surface area contributed by atoms with Gasteiger partial charge in [0.25, 0.3) is 0 Å². The van der Waals surface area contributed by atoms with Gasteiger partial charge in [-0.05, 0) is 42.5 Å². The van der Waals surface area contributed by atoms with Crippen molar-refractivity contribution in [3.63, 3.8) is 0 Å². The van der Waals surface area contributed by atoms with Crippen LogP contribution in [0.1, 0.15) is 30.9 Å². The number of likely N-dealkylation sites (N-methyl/N-ethyl adjacent to an activating group) is 1. The number of carbonyl (C=O) groups excluding carboxylic acids is 4. The predicted molar refractivity (Wildman–Crippen MR) is 171 cm³/mol. The van der Waals surface area contributed by atoms with E-state index in [0.717, 1.165) is 11.1 Å². The van der Waals surface area contributed by atoms with Crippen LogP contribution in [0.4, 0.5) is 9.59 Å². The second-order valence-corrected chi connectivity index (χ2v) is 10.9. The summed E-state index contributed by atoms with van der Waals surface area (Å²) < 4.78 is 15.8. The SMILES string of the molecule is C=CCOC(=O)NCCC[C@H]1C(=O)N(CCc2ccc(OC)c(OC)c2)C[C@H]2N1C(=O)CN(CC)N2C(=O)NCc1ccccc1. The van der Waals surface area contributed by atoms with Crippen molar-refractivity contribution >= 4 is 23.9 Å². The highest BCUT2D eigenvalue weighted by Gasteiger charge is 2.50. The lowest BCUT2D eigenvalue weighted by atomic mass is 10.0. The molecule has 0 bridgehead atoms. The highest BCUT2D eigenvalue weighted by Crippen LogP contribution is 2.30. The van der Waals surface area contributed by atoms with Crippen molar-refractivity contribution in [3.8, 4) is 11.5 Å². The first kappa shape index (κ1) is 34.1. The van der Waals surface area contributed by atoms with Gasteiger partial charge in [-0.2, -0.15) is 0 Å². The van der Waals surface area contributed by atoms with Crippen molar-refractivity contribution in [2.24, 2.45) is 0 Å². The summed E-state index contributed by atoms with van der Waals surface area (Å²) >= 11 is 0. The van der Waals surface area contributed by atoms with Crippen LogP contribution in [-0.4, -0.2) is 110 Å². The van der Waals surface area contributed by atoms with E-state index in [2.05, 4.69) is 17.2 Å². The maximum atomic E-state index is 14.0. The first-order valence-corrected chi connectivity index (χ1v) is 15.5. The summed E-state index contributed by atoms with van der Waals surface area (Å²) in [6.45, 7) is 6.96.